The molecule has 27 heavy (non-hydrogen) atoms. The Kier molecular flexibility index (Phi) is 5.44. The van der Waals surface area contributed by atoms with Gasteiger partial charge in [0.15, 0.2) is 0 Å². The summed E-state index contributed by atoms with van der Waals surface area (Å²) in [6.45, 7) is 3.20. The number of pyridine rings is 2. The molecule has 1 saturated heterocycles. The first-order valence-electron chi connectivity index (χ1n) is 9.58. The molecule has 1 aliphatic rings. The van der Waals surface area contributed by atoms with Crippen LogP contribution in [0.25, 0.3) is 0 Å². The van der Waals surface area contributed by atoms with Crippen LogP contribution in [0.2, 0.25) is 0 Å². The van der Waals surface area contributed by atoms with Crippen LogP contribution in [0.4, 0.5) is 11.6 Å². The van der Waals surface area contributed by atoms with Crippen LogP contribution in [0.3, 0.4) is 0 Å². The van der Waals surface area contributed by atoms with Crippen LogP contribution in [0.5, 0.6) is 0 Å². The van der Waals surface area contributed by atoms with Gasteiger partial charge in [0.25, 0.3) is 0 Å². The second-order valence-electron chi connectivity index (χ2n) is 7.33. The highest BCUT2D eigenvalue weighted by molar-refractivity contribution is 5.51. The Morgan fingerprint density at radius 3 is 2.81 bits per heavy atom. The second kappa shape index (κ2) is 8.31. The number of aryl methyl sites for hydroxylation is 1. The normalized spacial score (nSPS) is 17.7. The molecule has 1 aliphatic heterocycles. The molecule has 0 aliphatic carbocycles. The number of likely N-dealkylation sites (tertiary alicyclic amines) is 1. The van der Waals surface area contributed by atoms with Crippen LogP contribution in [-0.4, -0.2) is 37.5 Å². The molecule has 0 bridgehead atoms. The molecule has 0 radical (unpaired) electrons. The summed E-state index contributed by atoms with van der Waals surface area (Å²) in [6.07, 6.45) is 9.28. The van der Waals surface area contributed by atoms with Gasteiger partial charge >= 0.3 is 0 Å². The lowest BCUT2D eigenvalue weighted by atomic mass is 9.93. The molecule has 6 nitrogen and oxygen atoms in total. The zero-order valence-electron chi connectivity index (χ0n) is 15.8. The number of nitrogens with zero attached hydrogens (tertiary/aromatic N) is 5. The van der Waals surface area contributed by atoms with Crippen LogP contribution >= 0.6 is 0 Å². The average Bonchev–Trinajstić information content (AvgIpc) is 3.08. The SMILES string of the molecule is Cn1cnc(CN2CCC[C@H](Cc3cccc(Nc4ccccn4)n3)C2)c1. The van der Waals surface area contributed by atoms with E-state index < -0.39 is 0 Å². The zero-order valence-corrected chi connectivity index (χ0v) is 15.8. The fraction of sp³-hybridized carbons (Fsp3) is 0.381. The van der Waals surface area contributed by atoms with Crippen molar-refractivity contribution in [3.63, 3.8) is 0 Å². The number of imidazole rings is 1. The standard InChI is InChI=1S/C21H26N6/c1-26-14-19(23-16-26)15-27-11-5-6-17(13-27)12-18-7-4-9-21(24-18)25-20-8-2-3-10-22-20/h2-4,7-10,14,16-17H,5-6,11-13,15H2,1H3,(H,22,24,25)/t17-/m1/s1. The van der Waals surface area contributed by atoms with Gasteiger partial charge in [0, 0.05) is 38.2 Å². The van der Waals surface area contributed by atoms with Crippen LogP contribution < -0.4 is 5.32 Å². The van der Waals surface area contributed by atoms with Crippen molar-refractivity contribution < 1.29 is 0 Å². The van der Waals surface area contributed by atoms with Gasteiger partial charge < -0.3 is 9.88 Å². The van der Waals surface area contributed by atoms with E-state index in [0.717, 1.165) is 49.1 Å². The largest absolute Gasteiger partial charge is 0.340 e. The summed E-state index contributed by atoms with van der Waals surface area (Å²) >= 11 is 0. The van der Waals surface area contributed by atoms with Crippen molar-refractivity contribution >= 4 is 11.6 Å². The third-order valence-corrected chi connectivity index (χ3v) is 4.97. The summed E-state index contributed by atoms with van der Waals surface area (Å²) in [4.78, 5) is 16.1. The number of aromatic nitrogens is 4. The first kappa shape index (κ1) is 17.7. The lowest BCUT2D eigenvalue weighted by Crippen LogP contribution is -2.35. The number of rotatable bonds is 6. The summed E-state index contributed by atoms with van der Waals surface area (Å²) in [5, 5.41) is 3.28. The van der Waals surface area contributed by atoms with E-state index in [1.807, 2.05) is 42.2 Å². The molecule has 3 aromatic rings. The fourth-order valence-corrected chi connectivity index (χ4v) is 3.77. The van der Waals surface area contributed by atoms with E-state index >= 15 is 0 Å². The van der Waals surface area contributed by atoms with E-state index in [2.05, 4.69) is 38.5 Å². The first-order chi connectivity index (χ1) is 13.2. The van der Waals surface area contributed by atoms with E-state index in [1.165, 1.54) is 12.8 Å². The molecule has 0 spiro atoms. The maximum Gasteiger partial charge on any atom is 0.131 e. The molecule has 0 saturated carbocycles. The topological polar surface area (TPSA) is 58.9 Å². The molecule has 1 fully saturated rings. The van der Waals surface area contributed by atoms with Gasteiger partial charge in [0.2, 0.25) is 0 Å². The van der Waals surface area contributed by atoms with E-state index in [4.69, 9.17) is 4.98 Å². The number of piperidine rings is 1. The third-order valence-electron chi connectivity index (χ3n) is 4.97. The maximum absolute atomic E-state index is 4.79. The zero-order chi connectivity index (χ0) is 18.5. The number of hydrogen-bond donors (Lipinski definition) is 1. The van der Waals surface area contributed by atoms with Gasteiger partial charge in [0.05, 0.1) is 12.0 Å². The molecular weight excluding hydrogens is 336 g/mol. The summed E-state index contributed by atoms with van der Waals surface area (Å²) < 4.78 is 2.01. The fourth-order valence-electron chi connectivity index (χ4n) is 3.77. The molecule has 3 aromatic heterocycles. The van der Waals surface area contributed by atoms with Gasteiger partial charge in [-0.2, -0.15) is 0 Å². The minimum atomic E-state index is 0.639. The minimum Gasteiger partial charge on any atom is -0.340 e. The maximum atomic E-state index is 4.79. The molecule has 6 heteroatoms. The first-order valence-corrected chi connectivity index (χ1v) is 9.58. The molecule has 140 valence electrons. The van der Waals surface area contributed by atoms with Crippen molar-refractivity contribution in [2.45, 2.75) is 25.8 Å². The summed E-state index contributed by atoms with van der Waals surface area (Å²) in [5.74, 6) is 2.31. The highest BCUT2D eigenvalue weighted by Gasteiger charge is 2.21. The molecular formula is C21H26N6. The average molecular weight is 362 g/mol. The van der Waals surface area contributed by atoms with Gasteiger partial charge in [-0.1, -0.05) is 12.1 Å². The minimum absolute atomic E-state index is 0.639. The van der Waals surface area contributed by atoms with Gasteiger partial charge in [-0.05, 0) is 56.0 Å². The van der Waals surface area contributed by atoms with Gasteiger partial charge in [-0.25, -0.2) is 15.0 Å². The van der Waals surface area contributed by atoms with E-state index in [0.29, 0.717) is 5.92 Å². The lowest BCUT2D eigenvalue weighted by Gasteiger charge is -2.32. The highest BCUT2D eigenvalue weighted by Crippen LogP contribution is 2.22. The predicted octanol–water partition coefficient (Wildman–Crippen LogP) is 3.41. The van der Waals surface area contributed by atoms with Crippen molar-refractivity contribution in [1.82, 2.24) is 24.4 Å². The van der Waals surface area contributed by atoms with Crippen LogP contribution in [0.15, 0.2) is 55.1 Å². The van der Waals surface area contributed by atoms with Crippen molar-refractivity contribution in [3.05, 3.63) is 66.5 Å². The van der Waals surface area contributed by atoms with Crippen molar-refractivity contribution in [2.75, 3.05) is 18.4 Å². The Hall–Kier alpha value is -2.73. The molecule has 1 N–H and O–H groups in total. The molecule has 4 rings (SSSR count). The highest BCUT2D eigenvalue weighted by atomic mass is 15.1. The van der Waals surface area contributed by atoms with Crippen molar-refractivity contribution in [2.24, 2.45) is 13.0 Å². The molecule has 1 atom stereocenters. The Morgan fingerprint density at radius 2 is 2.00 bits per heavy atom. The second-order valence-corrected chi connectivity index (χ2v) is 7.33. The van der Waals surface area contributed by atoms with Crippen molar-refractivity contribution in [1.29, 1.82) is 0 Å². The van der Waals surface area contributed by atoms with E-state index in [9.17, 15) is 0 Å². The summed E-state index contributed by atoms with van der Waals surface area (Å²) in [7, 11) is 2.02. The van der Waals surface area contributed by atoms with Crippen molar-refractivity contribution in [3.8, 4) is 0 Å². The smallest absolute Gasteiger partial charge is 0.131 e. The van der Waals surface area contributed by atoms with Crippen LogP contribution in [0, 0.1) is 5.92 Å². The number of nitrogens with one attached hydrogen (secondary N) is 1. The van der Waals surface area contributed by atoms with Crippen LogP contribution in [0.1, 0.15) is 24.2 Å². The van der Waals surface area contributed by atoms with Crippen LogP contribution in [-0.2, 0) is 20.0 Å². The summed E-state index contributed by atoms with van der Waals surface area (Å²) in [6, 6.07) is 12.0. The van der Waals surface area contributed by atoms with E-state index in [1.54, 1.807) is 6.20 Å². The molecule has 0 unspecified atom stereocenters. The molecule has 0 amide bonds. The van der Waals surface area contributed by atoms with Gasteiger partial charge in [0.1, 0.15) is 11.6 Å². The Morgan fingerprint density at radius 1 is 1.07 bits per heavy atom. The molecule has 0 aromatic carbocycles. The van der Waals surface area contributed by atoms with E-state index in [-0.39, 0.29) is 0 Å². The Bertz CT molecular complexity index is 860. The van der Waals surface area contributed by atoms with Gasteiger partial charge in [-0.15, -0.1) is 0 Å². The number of hydrogen-bond acceptors (Lipinski definition) is 5. The van der Waals surface area contributed by atoms with Gasteiger partial charge in [-0.3, -0.25) is 4.90 Å². The summed E-state index contributed by atoms with van der Waals surface area (Å²) in [5.41, 5.74) is 2.29. The quantitative estimate of drug-likeness (QED) is 0.728. The lowest BCUT2D eigenvalue weighted by molar-refractivity contribution is 0.165. The number of anilines is 2. The third kappa shape index (κ3) is 4.92. The monoisotopic (exact) mass is 362 g/mol. The Labute approximate surface area is 160 Å². The Balaban J connectivity index is 1.36. The predicted molar refractivity (Wildman–Crippen MR) is 107 cm³/mol. The molecule has 4 heterocycles.